The van der Waals surface area contributed by atoms with Crippen molar-refractivity contribution in [1.29, 1.82) is 0 Å². The number of aromatic nitrogens is 2. The third-order valence-electron chi connectivity index (χ3n) is 6.38. The van der Waals surface area contributed by atoms with Crippen molar-refractivity contribution in [3.8, 4) is 11.4 Å². The van der Waals surface area contributed by atoms with Crippen LogP contribution < -0.4 is 20.9 Å². The van der Waals surface area contributed by atoms with E-state index in [0.29, 0.717) is 63.2 Å². The SMILES string of the molecule is COc1ccc(CNc2nc3c(c(=O)n2-c2ccc(Cl)cc2)CN(C(=O)Nc2ccc(Cl)cc2Cl)CC3)cc1. The summed E-state index contributed by atoms with van der Waals surface area (Å²) in [6.07, 6.45) is 0.422. The van der Waals surface area contributed by atoms with Crippen molar-refractivity contribution in [3.05, 3.63) is 109 Å². The Labute approximate surface area is 240 Å². The fraction of sp³-hybridized carbons (Fsp3) is 0.179. The molecule has 0 atom stereocenters. The number of hydrogen-bond donors (Lipinski definition) is 2. The standard InChI is InChI=1S/C28H24Cl3N5O3/c1-39-21-9-2-17(3-10-21)15-32-27-33-24-12-13-35(28(38)34-25-11-6-19(30)14-23(25)31)16-22(24)26(37)36(27)20-7-4-18(29)5-8-20/h2-11,14H,12-13,15-16H2,1H3,(H,32,33)(H,34,38). The Morgan fingerprint density at radius 3 is 2.41 bits per heavy atom. The summed E-state index contributed by atoms with van der Waals surface area (Å²) in [4.78, 5) is 33.3. The topological polar surface area (TPSA) is 88.5 Å². The second kappa shape index (κ2) is 11.6. The normalized spacial score (nSPS) is 12.6. The maximum Gasteiger partial charge on any atom is 0.322 e. The van der Waals surface area contributed by atoms with Gasteiger partial charge in [-0.05, 0) is 60.2 Å². The third-order valence-corrected chi connectivity index (χ3v) is 7.18. The molecule has 1 aliphatic rings. The van der Waals surface area contributed by atoms with E-state index in [1.165, 1.54) is 4.57 Å². The van der Waals surface area contributed by atoms with Gasteiger partial charge in [0.25, 0.3) is 5.56 Å². The zero-order valence-corrected chi connectivity index (χ0v) is 23.1. The predicted octanol–water partition coefficient (Wildman–Crippen LogP) is 6.40. The second-order valence-electron chi connectivity index (χ2n) is 8.91. The van der Waals surface area contributed by atoms with Crippen LogP contribution in [0.25, 0.3) is 5.69 Å². The molecule has 0 fully saturated rings. The summed E-state index contributed by atoms with van der Waals surface area (Å²) < 4.78 is 6.74. The Balaban J connectivity index is 1.45. The van der Waals surface area contributed by atoms with Gasteiger partial charge in [0.15, 0.2) is 0 Å². The van der Waals surface area contributed by atoms with Crippen LogP contribution in [-0.4, -0.2) is 34.1 Å². The lowest BCUT2D eigenvalue weighted by molar-refractivity contribution is 0.205. The Kier molecular flexibility index (Phi) is 7.97. The van der Waals surface area contributed by atoms with Crippen LogP contribution in [-0.2, 0) is 19.5 Å². The molecule has 4 aromatic rings. The number of nitrogens with one attached hydrogen (secondary N) is 2. The number of urea groups is 1. The second-order valence-corrected chi connectivity index (χ2v) is 10.2. The number of carbonyl (C=O) groups is 1. The maximum absolute atomic E-state index is 13.9. The predicted molar refractivity (Wildman–Crippen MR) is 155 cm³/mol. The number of benzene rings is 3. The fourth-order valence-electron chi connectivity index (χ4n) is 4.31. The highest BCUT2D eigenvalue weighted by Crippen LogP contribution is 2.27. The van der Waals surface area contributed by atoms with Crippen molar-refractivity contribution in [2.45, 2.75) is 19.5 Å². The van der Waals surface area contributed by atoms with Gasteiger partial charge in [-0.1, -0.05) is 46.9 Å². The highest BCUT2D eigenvalue weighted by Gasteiger charge is 2.27. The minimum atomic E-state index is -0.371. The molecular formula is C28H24Cl3N5O3. The number of nitrogens with zero attached hydrogens (tertiary/aromatic N) is 3. The Hall–Kier alpha value is -3.72. The first-order chi connectivity index (χ1) is 18.8. The van der Waals surface area contributed by atoms with Crippen LogP contribution >= 0.6 is 34.8 Å². The van der Waals surface area contributed by atoms with Gasteiger partial charge in [0, 0.05) is 29.6 Å². The number of fused-ring (bicyclic) bond motifs is 1. The maximum atomic E-state index is 13.9. The number of rotatable bonds is 6. The van der Waals surface area contributed by atoms with Gasteiger partial charge in [-0.25, -0.2) is 14.3 Å². The monoisotopic (exact) mass is 583 g/mol. The number of carbonyl (C=O) groups excluding carboxylic acids is 1. The fourth-order valence-corrected chi connectivity index (χ4v) is 4.89. The molecule has 2 amide bonds. The smallest absolute Gasteiger partial charge is 0.322 e. The molecule has 0 aliphatic carbocycles. The van der Waals surface area contributed by atoms with E-state index in [-0.39, 0.29) is 18.1 Å². The summed E-state index contributed by atoms with van der Waals surface area (Å²) in [5.74, 6) is 1.17. The highest BCUT2D eigenvalue weighted by molar-refractivity contribution is 6.36. The van der Waals surface area contributed by atoms with Crippen molar-refractivity contribution in [3.63, 3.8) is 0 Å². The first-order valence-corrected chi connectivity index (χ1v) is 13.2. The lowest BCUT2D eigenvalue weighted by Crippen LogP contribution is -2.43. The number of halogens is 3. The van der Waals surface area contributed by atoms with Gasteiger partial charge >= 0.3 is 6.03 Å². The molecule has 0 bridgehead atoms. The minimum absolute atomic E-state index is 0.102. The van der Waals surface area contributed by atoms with E-state index < -0.39 is 0 Å². The van der Waals surface area contributed by atoms with Crippen molar-refractivity contribution in [1.82, 2.24) is 14.5 Å². The molecule has 3 aromatic carbocycles. The van der Waals surface area contributed by atoms with Crippen LogP contribution in [0, 0.1) is 0 Å². The van der Waals surface area contributed by atoms with Gasteiger partial charge in [0.2, 0.25) is 5.95 Å². The molecule has 2 N–H and O–H groups in total. The Morgan fingerprint density at radius 2 is 1.72 bits per heavy atom. The molecule has 8 nitrogen and oxygen atoms in total. The molecule has 1 aromatic heterocycles. The summed E-state index contributed by atoms with van der Waals surface area (Å²) in [5.41, 5.74) is 2.87. The van der Waals surface area contributed by atoms with Gasteiger partial charge in [-0.15, -0.1) is 0 Å². The van der Waals surface area contributed by atoms with Gasteiger partial charge in [0.05, 0.1) is 41.3 Å². The molecule has 0 radical (unpaired) electrons. The zero-order chi connectivity index (χ0) is 27.5. The van der Waals surface area contributed by atoms with Crippen LogP contribution in [0.3, 0.4) is 0 Å². The molecule has 0 saturated heterocycles. The Bertz CT molecular complexity index is 1570. The molecule has 0 saturated carbocycles. The van der Waals surface area contributed by atoms with E-state index in [1.54, 1.807) is 54.5 Å². The van der Waals surface area contributed by atoms with Crippen LogP contribution in [0.1, 0.15) is 16.8 Å². The average molecular weight is 585 g/mol. The number of amides is 2. The summed E-state index contributed by atoms with van der Waals surface area (Å²) in [6, 6.07) is 19.0. The molecule has 5 rings (SSSR count). The van der Waals surface area contributed by atoms with E-state index >= 15 is 0 Å². The van der Waals surface area contributed by atoms with Crippen LogP contribution in [0.5, 0.6) is 5.75 Å². The average Bonchev–Trinajstić information content (AvgIpc) is 2.94. The van der Waals surface area contributed by atoms with Crippen molar-refractivity contribution in [2.75, 3.05) is 24.3 Å². The minimum Gasteiger partial charge on any atom is -0.497 e. The summed E-state index contributed by atoms with van der Waals surface area (Å²) >= 11 is 18.3. The van der Waals surface area contributed by atoms with E-state index in [9.17, 15) is 9.59 Å². The first kappa shape index (κ1) is 26.9. The highest BCUT2D eigenvalue weighted by atomic mass is 35.5. The summed E-state index contributed by atoms with van der Waals surface area (Å²) in [5, 5.41) is 7.45. The van der Waals surface area contributed by atoms with Crippen molar-refractivity contribution < 1.29 is 9.53 Å². The largest absolute Gasteiger partial charge is 0.497 e. The third kappa shape index (κ3) is 5.98. The van der Waals surface area contributed by atoms with Crippen LogP contribution in [0.15, 0.2) is 71.5 Å². The number of ether oxygens (including phenoxy) is 1. The van der Waals surface area contributed by atoms with Gasteiger partial charge in [0.1, 0.15) is 5.75 Å². The van der Waals surface area contributed by atoms with Gasteiger partial charge in [-0.3, -0.25) is 4.79 Å². The van der Waals surface area contributed by atoms with E-state index in [4.69, 9.17) is 44.5 Å². The molecular weight excluding hydrogens is 561 g/mol. The lowest BCUT2D eigenvalue weighted by Gasteiger charge is -2.29. The number of anilines is 2. The van der Waals surface area contributed by atoms with Gasteiger partial charge < -0.3 is 20.3 Å². The van der Waals surface area contributed by atoms with E-state index in [2.05, 4.69) is 10.6 Å². The number of methoxy groups -OCH3 is 1. The lowest BCUT2D eigenvalue weighted by atomic mass is 10.1. The zero-order valence-electron chi connectivity index (χ0n) is 20.9. The van der Waals surface area contributed by atoms with Crippen molar-refractivity contribution in [2.24, 2.45) is 0 Å². The number of hydrogen-bond acceptors (Lipinski definition) is 5. The molecule has 0 unspecified atom stereocenters. The quantitative estimate of drug-likeness (QED) is 0.274. The molecule has 0 spiro atoms. The Morgan fingerprint density at radius 1 is 1.00 bits per heavy atom. The van der Waals surface area contributed by atoms with E-state index in [0.717, 1.165) is 11.3 Å². The van der Waals surface area contributed by atoms with Gasteiger partial charge in [-0.2, -0.15) is 0 Å². The summed E-state index contributed by atoms with van der Waals surface area (Å²) in [6.45, 7) is 0.934. The molecule has 200 valence electrons. The molecule has 11 heteroatoms. The molecule has 39 heavy (non-hydrogen) atoms. The van der Waals surface area contributed by atoms with Crippen LogP contribution in [0.4, 0.5) is 16.4 Å². The molecule has 2 heterocycles. The first-order valence-electron chi connectivity index (χ1n) is 12.1. The van der Waals surface area contributed by atoms with E-state index in [1.807, 2.05) is 24.3 Å². The molecule has 1 aliphatic heterocycles. The van der Waals surface area contributed by atoms with Crippen molar-refractivity contribution >= 4 is 52.5 Å². The van der Waals surface area contributed by atoms with Crippen LogP contribution in [0.2, 0.25) is 15.1 Å². The summed E-state index contributed by atoms with van der Waals surface area (Å²) in [7, 11) is 1.62.